The number of aryl methyl sites for hydroxylation is 1. The number of carbonyl (C=O) groups is 1. The fraction of sp³-hybridized carbons (Fsp3) is 0.562. The van der Waals surface area contributed by atoms with E-state index < -0.39 is 0 Å². The van der Waals surface area contributed by atoms with Crippen LogP contribution in [0, 0.1) is 5.92 Å². The zero-order chi connectivity index (χ0) is 13.5. The lowest BCUT2D eigenvalue weighted by Gasteiger charge is -2.26. The first-order valence-corrected chi connectivity index (χ1v) is 7.19. The molecule has 0 saturated carbocycles. The average molecular weight is 261 g/mol. The van der Waals surface area contributed by atoms with E-state index in [9.17, 15) is 4.79 Å². The second-order valence-corrected chi connectivity index (χ2v) is 5.33. The highest BCUT2D eigenvalue weighted by Crippen LogP contribution is 2.17. The molecule has 1 heterocycles. The molecule has 19 heavy (non-hydrogen) atoms. The number of benzene rings is 1. The molecule has 1 saturated heterocycles. The zero-order valence-corrected chi connectivity index (χ0v) is 11.6. The van der Waals surface area contributed by atoms with Crippen molar-refractivity contribution in [2.45, 2.75) is 38.6 Å². The van der Waals surface area contributed by atoms with Gasteiger partial charge in [0.2, 0.25) is 0 Å². The molecule has 0 spiro atoms. The SMILES string of the molecule is CC1CC(C(=O)OCCCc2ccccc2)CCN1. The summed E-state index contributed by atoms with van der Waals surface area (Å²) in [7, 11) is 0. The van der Waals surface area contributed by atoms with Gasteiger partial charge in [-0.2, -0.15) is 0 Å². The van der Waals surface area contributed by atoms with Gasteiger partial charge in [-0.1, -0.05) is 30.3 Å². The molecule has 3 heteroatoms. The normalized spacial score (nSPS) is 23.0. The predicted molar refractivity (Wildman–Crippen MR) is 75.9 cm³/mol. The molecule has 0 aliphatic carbocycles. The van der Waals surface area contributed by atoms with E-state index in [4.69, 9.17) is 4.74 Å². The van der Waals surface area contributed by atoms with Crippen LogP contribution in [0.5, 0.6) is 0 Å². The number of hydrogen-bond donors (Lipinski definition) is 1. The number of ether oxygens (including phenoxy) is 1. The molecule has 0 bridgehead atoms. The number of nitrogens with one attached hydrogen (secondary N) is 1. The van der Waals surface area contributed by atoms with E-state index in [0.717, 1.165) is 32.2 Å². The topological polar surface area (TPSA) is 38.3 Å². The van der Waals surface area contributed by atoms with Crippen LogP contribution in [0.2, 0.25) is 0 Å². The molecular weight excluding hydrogens is 238 g/mol. The Kier molecular flexibility index (Phi) is 5.40. The van der Waals surface area contributed by atoms with Crippen molar-refractivity contribution >= 4 is 5.97 Å². The van der Waals surface area contributed by atoms with Crippen molar-refractivity contribution in [2.24, 2.45) is 5.92 Å². The Morgan fingerprint density at radius 2 is 2.16 bits per heavy atom. The number of esters is 1. The van der Waals surface area contributed by atoms with Gasteiger partial charge in [-0.3, -0.25) is 4.79 Å². The highest BCUT2D eigenvalue weighted by atomic mass is 16.5. The quantitative estimate of drug-likeness (QED) is 0.654. The molecule has 2 rings (SSSR count). The van der Waals surface area contributed by atoms with E-state index in [0.29, 0.717) is 12.6 Å². The number of piperidine rings is 1. The van der Waals surface area contributed by atoms with Crippen LogP contribution in [-0.4, -0.2) is 25.2 Å². The molecule has 1 aliphatic heterocycles. The van der Waals surface area contributed by atoms with Crippen LogP contribution >= 0.6 is 0 Å². The summed E-state index contributed by atoms with van der Waals surface area (Å²) in [5.74, 6) is 0.0781. The maximum atomic E-state index is 11.9. The Morgan fingerprint density at radius 3 is 2.89 bits per heavy atom. The lowest BCUT2D eigenvalue weighted by molar-refractivity contribution is -0.149. The van der Waals surface area contributed by atoms with Crippen molar-refractivity contribution in [1.29, 1.82) is 0 Å². The van der Waals surface area contributed by atoms with Crippen molar-refractivity contribution in [3.05, 3.63) is 35.9 Å². The summed E-state index contributed by atoms with van der Waals surface area (Å²) in [4.78, 5) is 11.9. The molecule has 2 unspecified atom stereocenters. The lowest BCUT2D eigenvalue weighted by Crippen LogP contribution is -2.39. The number of hydrogen-bond acceptors (Lipinski definition) is 3. The van der Waals surface area contributed by atoms with Crippen LogP contribution < -0.4 is 5.32 Å². The molecule has 0 amide bonds. The third-order valence-electron chi connectivity index (χ3n) is 3.65. The van der Waals surface area contributed by atoms with Gasteiger partial charge >= 0.3 is 5.97 Å². The first-order chi connectivity index (χ1) is 9.25. The molecule has 0 aromatic heterocycles. The van der Waals surface area contributed by atoms with Crippen LogP contribution in [0.3, 0.4) is 0 Å². The van der Waals surface area contributed by atoms with Crippen molar-refractivity contribution in [2.75, 3.05) is 13.2 Å². The maximum absolute atomic E-state index is 11.9. The van der Waals surface area contributed by atoms with Gasteiger partial charge in [0.1, 0.15) is 0 Å². The molecule has 1 aliphatic rings. The van der Waals surface area contributed by atoms with E-state index in [1.807, 2.05) is 18.2 Å². The molecule has 0 radical (unpaired) electrons. The van der Waals surface area contributed by atoms with Gasteiger partial charge in [-0.15, -0.1) is 0 Å². The smallest absolute Gasteiger partial charge is 0.309 e. The van der Waals surface area contributed by atoms with Gasteiger partial charge in [-0.05, 0) is 44.7 Å². The molecule has 2 atom stereocenters. The summed E-state index contributed by atoms with van der Waals surface area (Å²) in [6.07, 6.45) is 3.67. The van der Waals surface area contributed by atoms with Crippen molar-refractivity contribution in [3.63, 3.8) is 0 Å². The van der Waals surface area contributed by atoms with Crippen LogP contribution in [0.15, 0.2) is 30.3 Å². The third-order valence-corrected chi connectivity index (χ3v) is 3.65. The summed E-state index contributed by atoms with van der Waals surface area (Å²) < 4.78 is 5.38. The minimum atomic E-state index is -0.0126. The second-order valence-electron chi connectivity index (χ2n) is 5.33. The molecule has 1 fully saturated rings. The van der Waals surface area contributed by atoms with E-state index in [1.165, 1.54) is 5.56 Å². The number of carbonyl (C=O) groups excluding carboxylic acids is 1. The summed E-state index contributed by atoms with van der Waals surface area (Å²) >= 11 is 0. The Morgan fingerprint density at radius 1 is 1.37 bits per heavy atom. The summed E-state index contributed by atoms with van der Waals surface area (Å²) in [6.45, 7) is 3.58. The summed E-state index contributed by atoms with van der Waals surface area (Å²) in [5, 5.41) is 3.35. The van der Waals surface area contributed by atoms with E-state index >= 15 is 0 Å². The highest BCUT2D eigenvalue weighted by molar-refractivity contribution is 5.72. The van der Waals surface area contributed by atoms with E-state index in [2.05, 4.69) is 24.4 Å². The maximum Gasteiger partial charge on any atom is 0.309 e. The largest absolute Gasteiger partial charge is 0.465 e. The first kappa shape index (κ1) is 14.1. The molecule has 104 valence electrons. The van der Waals surface area contributed by atoms with Gasteiger partial charge in [0.15, 0.2) is 0 Å². The Balaban J connectivity index is 1.64. The van der Waals surface area contributed by atoms with Gasteiger partial charge < -0.3 is 10.1 Å². The van der Waals surface area contributed by atoms with Gasteiger partial charge in [0.25, 0.3) is 0 Å². The third kappa shape index (κ3) is 4.67. The van der Waals surface area contributed by atoms with E-state index in [-0.39, 0.29) is 11.9 Å². The van der Waals surface area contributed by atoms with Gasteiger partial charge in [-0.25, -0.2) is 0 Å². The van der Waals surface area contributed by atoms with Crippen molar-refractivity contribution < 1.29 is 9.53 Å². The van der Waals surface area contributed by atoms with Gasteiger partial charge in [0.05, 0.1) is 12.5 Å². The van der Waals surface area contributed by atoms with Crippen molar-refractivity contribution in [1.82, 2.24) is 5.32 Å². The second kappa shape index (κ2) is 7.29. The number of rotatable bonds is 5. The van der Waals surface area contributed by atoms with Crippen molar-refractivity contribution in [3.8, 4) is 0 Å². The predicted octanol–water partition coefficient (Wildman–Crippen LogP) is 2.55. The van der Waals surface area contributed by atoms with Crippen LogP contribution in [0.4, 0.5) is 0 Å². The van der Waals surface area contributed by atoms with Crippen LogP contribution in [-0.2, 0) is 16.0 Å². The fourth-order valence-corrected chi connectivity index (χ4v) is 2.56. The summed E-state index contributed by atoms with van der Waals surface area (Å²) in [6, 6.07) is 10.7. The zero-order valence-electron chi connectivity index (χ0n) is 11.6. The minimum absolute atomic E-state index is 0.0126. The molecule has 3 nitrogen and oxygen atoms in total. The van der Waals surface area contributed by atoms with Gasteiger partial charge in [0, 0.05) is 6.04 Å². The standard InChI is InChI=1S/C16H23NO2/c1-13-12-15(9-10-17-13)16(18)19-11-5-8-14-6-3-2-4-7-14/h2-4,6-7,13,15,17H,5,8-12H2,1H3. The highest BCUT2D eigenvalue weighted by Gasteiger charge is 2.25. The Bertz CT molecular complexity index is 391. The summed E-state index contributed by atoms with van der Waals surface area (Å²) in [5.41, 5.74) is 1.30. The lowest BCUT2D eigenvalue weighted by atomic mass is 9.93. The van der Waals surface area contributed by atoms with E-state index in [1.54, 1.807) is 0 Å². The first-order valence-electron chi connectivity index (χ1n) is 7.19. The molecular formula is C16H23NO2. The monoisotopic (exact) mass is 261 g/mol. The van der Waals surface area contributed by atoms with Crippen LogP contribution in [0.1, 0.15) is 31.7 Å². The Hall–Kier alpha value is -1.35. The fourth-order valence-electron chi connectivity index (χ4n) is 2.56. The van der Waals surface area contributed by atoms with Crippen LogP contribution in [0.25, 0.3) is 0 Å². The molecule has 1 aromatic rings. The molecule has 1 aromatic carbocycles. The Labute approximate surface area is 115 Å². The molecule has 1 N–H and O–H groups in total. The average Bonchev–Trinajstić information content (AvgIpc) is 2.44. The minimum Gasteiger partial charge on any atom is -0.465 e.